The molecule has 2 rings (SSSR count). The van der Waals surface area contributed by atoms with Gasteiger partial charge in [-0.25, -0.2) is 0 Å². The minimum Gasteiger partial charge on any atom is -0.383 e. The standard InChI is InChI=1S/C12H17N3O3/c1-13-4-3-10(7-13)12(17)15-8-11(16)14(9-15)5-6-18-2/h3-4,7H,5-6,8-9H2,1-2H3. The van der Waals surface area contributed by atoms with E-state index in [9.17, 15) is 9.59 Å². The van der Waals surface area contributed by atoms with E-state index < -0.39 is 0 Å². The van der Waals surface area contributed by atoms with Gasteiger partial charge >= 0.3 is 0 Å². The van der Waals surface area contributed by atoms with Gasteiger partial charge in [0.05, 0.1) is 18.8 Å². The van der Waals surface area contributed by atoms with E-state index in [0.717, 1.165) is 0 Å². The van der Waals surface area contributed by atoms with Crippen molar-refractivity contribution in [2.45, 2.75) is 0 Å². The van der Waals surface area contributed by atoms with Crippen molar-refractivity contribution in [3.05, 3.63) is 24.0 Å². The van der Waals surface area contributed by atoms with Gasteiger partial charge in [-0.2, -0.15) is 0 Å². The number of nitrogens with zero attached hydrogens (tertiary/aromatic N) is 3. The van der Waals surface area contributed by atoms with Crippen LogP contribution in [-0.2, 0) is 16.6 Å². The van der Waals surface area contributed by atoms with Gasteiger partial charge in [-0.1, -0.05) is 0 Å². The van der Waals surface area contributed by atoms with Crippen molar-refractivity contribution in [2.75, 3.05) is 33.5 Å². The Kier molecular flexibility index (Phi) is 3.66. The highest BCUT2D eigenvalue weighted by atomic mass is 16.5. The third kappa shape index (κ3) is 2.53. The molecule has 0 aromatic carbocycles. The smallest absolute Gasteiger partial charge is 0.257 e. The van der Waals surface area contributed by atoms with E-state index in [2.05, 4.69) is 0 Å². The quantitative estimate of drug-likeness (QED) is 0.751. The number of carbonyl (C=O) groups is 2. The molecule has 0 bridgehead atoms. The van der Waals surface area contributed by atoms with Gasteiger partial charge in [-0.3, -0.25) is 9.59 Å². The molecule has 6 heteroatoms. The van der Waals surface area contributed by atoms with E-state index in [1.807, 2.05) is 17.8 Å². The van der Waals surface area contributed by atoms with Crippen LogP contribution >= 0.6 is 0 Å². The Hall–Kier alpha value is -1.82. The zero-order valence-electron chi connectivity index (χ0n) is 10.6. The van der Waals surface area contributed by atoms with Crippen LogP contribution in [0, 0.1) is 0 Å². The molecule has 1 aromatic rings. The maximum atomic E-state index is 12.1. The van der Waals surface area contributed by atoms with Gasteiger partial charge in [0.15, 0.2) is 0 Å². The predicted molar refractivity (Wildman–Crippen MR) is 64.9 cm³/mol. The molecule has 0 unspecified atom stereocenters. The SMILES string of the molecule is COCCN1CN(C(=O)c2ccn(C)c2)CC1=O. The zero-order valence-corrected chi connectivity index (χ0v) is 10.6. The lowest BCUT2D eigenvalue weighted by Crippen LogP contribution is -2.32. The Morgan fingerprint density at radius 3 is 2.89 bits per heavy atom. The summed E-state index contributed by atoms with van der Waals surface area (Å²) in [6.07, 6.45) is 3.57. The fraction of sp³-hybridized carbons (Fsp3) is 0.500. The summed E-state index contributed by atoms with van der Waals surface area (Å²) in [5, 5.41) is 0. The van der Waals surface area contributed by atoms with Crippen LogP contribution in [0.4, 0.5) is 0 Å². The van der Waals surface area contributed by atoms with Gasteiger partial charge in [0.1, 0.15) is 6.54 Å². The zero-order chi connectivity index (χ0) is 13.1. The monoisotopic (exact) mass is 251 g/mol. The third-order valence-electron chi connectivity index (χ3n) is 2.95. The fourth-order valence-electron chi connectivity index (χ4n) is 1.94. The molecule has 0 aliphatic carbocycles. The van der Waals surface area contributed by atoms with Gasteiger partial charge in [0, 0.05) is 33.1 Å². The molecule has 98 valence electrons. The number of carbonyl (C=O) groups excluding carboxylic acids is 2. The molecule has 1 saturated heterocycles. The second kappa shape index (κ2) is 5.22. The summed E-state index contributed by atoms with van der Waals surface area (Å²) in [5.41, 5.74) is 0.610. The van der Waals surface area contributed by atoms with Crippen LogP contribution in [0.5, 0.6) is 0 Å². The molecule has 1 fully saturated rings. The average molecular weight is 251 g/mol. The Bertz CT molecular complexity index is 455. The van der Waals surface area contributed by atoms with Crippen molar-refractivity contribution in [1.29, 1.82) is 0 Å². The minimum atomic E-state index is -0.108. The average Bonchev–Trinajstić information content (AvgIpc) is 2.92. The predicted octanol–water partition coefficient (Wildman–Crippen LogP) is -0.0866. The molecule has 0 radical (unpaired) electrons. The molecule has 18 heavy (non-hydrogen) atoms. The lowest BCUT2D eigenvalue weighted by Gasteiger charge is -2.17. The Morgan fingerprint density at radius 2 is 2.28 bits per heavy atom. The second-order valence-corrected chi connectivity index (χ2v) is 4.36. The first-order chi connectivity index (χ1) is 8.61. The number of hydrogen-bond acceptors (Lipinski definition) is 3. The van der Waals surface area contributed by atoms with Crippen molar-refractivity contribution in [3.8, 4) is 0 Å². The minimum absolute atomic E-state index is 0.0312. The van der Waals surface area contributed by atoms with Gasteiger partial charge in [-0.05, 0) is 6.07 Å². The normalized spacial score (nSPS) is 15.6. The summed E-state index contributed by atoms with van der Waals surface area (Å²) in [7, 11) is 3.45. The molecule has 1 aliphatic rings. The molecule has 0 atom stereocenters. The van der Waals surface area contributed by atoms with Crippen LogP contribution in [0.15, 0.2) is 18.5 Å². The van der Waals surface area contributed by atoms with Gasteiger partial charge < -0.3 is 19.1 Å². The van der Waals surface area contributed by atoms with Crippen LogP contribution in [0.25, 0.3) is 0 Å². The van der Waals surface area contributed by atoms with Crippen molar-refractivity contribution in [2.24, 2.45) is 7.05 Å². The molecule has 1 aliphatic heterocycles. The van der Waals surface area contributed by atoms with Crippen molar-refractivity contribution < 1.29 is 14.3 Å². The molecular formula is C12H17N3O3. The number of rotatable bonds is 4. The number of methoxy groups -OCH3 is 1. The number of amides is 2. The van der Waals surface area contributed by atoms with Gasteiger partial charge in [0.25, 0.3) is 5.91 Å². The van der Waals surface area contributed by atoms with Gasteiger partial charge in [-0.15, -0.1) is 0 Å². The van der Waals surface area contributed by atoms with Crippen molar-refractivity contribution >= 4 is 11.8 Å². The van der Waals surface area contributed by atoms with Crippen LogP contribution in [0.3, 0.4) is 0 Å². The molecule has 2 heterocycles. The number of aromatic nitrogens is 1. The molecule has 6 nitrogen and oxygen atoms in total. The maximum absolute atomic E-state index is 12.1. The second-order valence-electron chi connectivity index (χ2n) is 4.36. The van der Waals surface area contributed by atoms with E-state index >= 15 is 0 Å². The highest BCUT2D eigenvalue weighted by Gasteiger charge is 2.31. The fourth-order valence-corrected chi connectivity index (χ4v) is 1.94. The topological polar surface area (TPSA) is 54.8 Å². The molecular weight excluding hydrogens is 234 g/mol. The van der Waals surface area contributed by atoms with Crippen molar-refractivity contribution in [3.63, 3.8) is 0 Å². The molecule has 0 saturated carbocycles. The van der Waals surface area contributed by atoms with E-state index in [1.54, 1.807) is 29.2 Å². The first kappa shape index (κ1) is 12.6. The maximum Gasteiger partial charge on any atom is 0.257 e. The van der Waals surface area contributed by atoms with Crippen LogP contribution in [0.2, 0.25) is 0 Å². The summed E-state index contributed by atoms with van der Waals surface area (Å²) < 4.78 is 6.75. The van der Waals surface area contributed by atoms with Crippen molar-refractivity contribution in [1.82, 2.24) is 14.4 Å². The lowest BCUT2D eigenvalue weighted by atomic mass is 10.3. The number of aryl methyl sites for hydroxylation is 1. The van der Waals surface area contributed by atoms with E-state index in [-0.39, 0.29) is 18.4 Å². The van der Waals surface area contributed by atoms with Crippen LogP contribution < -0.4 is 0 Å². The number of hydrogen-bond donors (Lipinski definition) is 0. The van der Waals surface area contributed by atoms with Crippen LogP contribution in [0.1, 0.15) is 10.4 Å². The Labute approximate surface area is 106 Å². The lowest BCUT2D eigenvalue weighted by molar-refractivity contribution is -0.127. The summed E-state index contributed by atoms with van der Waals surface area (Å²) in [6.45, 7) is 1.50. The highest BCUT2D eigenvalue weighted by molar-refractivity contribution is 5.97. The molecule has 2 amide bonds. The molecule has 1 aromatic heterocycles. The van der Waals surface area contributed by atoms with E-state index in [1.165, 1.54) is 0 Å². The first-order valence-corrected chi connectivity index (χ1v) is 5.80. The Balaban J connectivity index is 1.99. The number of ether oxygens (including phenoxy) is 1. The summed E-state index contributed by atoms with van der Waals surface area (Å²) in [4.78, 5) is 27.0. The third-order valence-corrected chi connectivity index (χ3v) is 2.95. The Morgan fingerprint density at radius 1 is 1.50 bits per heavy atom. The summed E-state index contributed by atoms with van der Waals surface area (Å²) in [5.74, 6) is -0.139. The van der Waals surface area contributed by atoms with E-state index in [4.69, 9.17) is 4.74 Å². The van der Waals surface area contributed by atoms with E-state index in [0.29, 0.717) is 25.4 Å². The highest BCUT2D eigenvalue weighted by Crippen LogP contribution is 2.12. The summed E-state index contributed by atoms with van der Waals surface area (Å²) in [6, 6.07) is 1.75. The van der Waals surface area contributed by atoms with Crippen LogP contribution in [-0.4, -0.2) is 59.7 Å². The summed E-state index contributed by atoms with van der Waals surface area (Å²) >= 11 is 0. The first-order valence-electron chi connectivity index (χ1n) is 5.80. The van der Waals surface area contributed by atoms with Gasteiger partial charge in [0.2, 0.25) is 5.91 Å². The molecule has 0 spiro atoms. The molecule has 0 N–H and O–H groups in total. The largest absolute Gasteiger partial charge is 0.383 e.